The number of hydrazone groups is 1. The molecule has 1 N–H and O–H groups in total. The smallest absolute Gasteiger partial charge is 0.269 e. The molecule has 130 valence electrons. The molecular formula is C17H17N3O5. The van der Waals surface area contributed by atoms with Crippen LogP contribution in [0.15, 0.2) is 53.6 Å². The number of non-ortho nitro benzene ring substituents is 1. The van der Waals surface area contributed by atoms with Gasteiger partial charge >= 0.3 is 0 Å². The number of benzene rings is 2. The summed E-state index contributed by atoms with van der Waals surface area (Å²) in [4.78, 5) is 21.7. The first-order chi connectivity index (χ1) is 12.1. The predicted molar refractivity (Wildman–Crippen MR) is 91.9 cm³/mol. The summed E-state index contributed by atoms with van der Waals surface area (Å²) in [7, 11) is 1.58. The molecule has 0 saturated heterocycles. The van der Waals surface area contributed by atoms with Crippen LogP contribution >= 0.6 is 0 Å². The number of hydrogen-bond donors (Lipinski definition) is 1. The molecule has 0 aliphatic rings. The molecule has 0 bridgehead atoms. The molecular weight excluding hydrogens is 326 g/mol. The fourth-order valence-electron chi connectivity index (χ4n) is 1.85. The molecule has 0 aromatic heterocycles. The summed E-state index contributed by atoms with van der Waals surface area (Å²) < 4.78 is 10.5. The molecule has 0 aliphatic heterocycles. The topological polar surface area (TPSA) is 103 Å². The Labute approximate surface area is 144 Å². The molecule has 1 amide bonds. The van der Waals surface area contributed by atoms with Crippen molar-refractivity contribution in [1.82, 2.24) is 5.43 Å². The highest BCUT2D eigenvalue weighted by atomic mass is 16.6. The lowest BCUT2D eigenvalue weighted by molar-refractivity contribution is -0.384. The van der Waals surface area contributed by atoms with Crippen LogP contribution in [0.5, 0.6) is 11.5 Å². The fourth-order valence-corrected chi connectivity index (χ4v) is 1.85. The van der Waals surface area contributed by atoms with E-state index in [2.05, 4.69) is 10.5 Å². The Morgan fingerprint density at radius 2 is 1.80 bits per heavy atom. The van der Waals surface area contributed by atoms with E-state index in [-0.39, 0.29) is 24.6 Å². The van der Waals surface area contributed by atoms with Crippen LogP contribution < -0.4 is 14.9 Å². The third-order valence-corrected chi connectivity index (χ3v) is 3.16. The highest BCUT2D eigenvalue weighted by Gasteiger charge is 2.03. The highest BCUT2D eigenvalue weighted by Crippen LogP contribution is 2.17. The summed E-state index contributed by atoms with van der Waals surface area (Å²) >= 11 is 0. The van der Waals surface area contributed by atoms with E-state index >= 15 is 0 Å². The molecule has 8 heteroatoms. The van der Waals surface area contributed by atoms with E-state index in [4.69, 9.17) is 9.47 Å². The Morgan fingerprint density at radius 3 is 2.40 bits per heavy atom. The minimum Gasteiger partial charge on any atom is -0.497 e. The Balaban J connectivity index is 1.71. The number of nitro groups is 1. The minimum atomic E-state index is -0.481. The maximum absolute atomic E-state index is 11.7. The van der Waals surface area contributed by atoms with Crippen molar-refractivity contribution in [2.24, 2.45) is 5.10 Å². The summed E-state index contributed by atoms with van der Waals surface area (Å²) in [5.41, 5.74) is 3.01. The van der Waals surface area contributed by atoms with Crippen molar-refractivity contribution in [3.8, 4) is 11.5 Å². The Hall–Kier alpha value is -3.42. The summed E-state index contributed by atoms with van der Waals surface area (Å²) in [5, 5.41) is 14.3. The number of ether oxygens (including phenoxy) is 2. The standard InChI is InChI=1S/C17H17N3O5/c1-24-15-6-8-16(9-7-15)25-11-10-17(21)19-18-12-13-2-4-14(5-3-13)20(22)23/h2-9,12H,10-11H2,1H3,(H,19,21)/b18-12-. The van der Waals surface area contributed by atoms with Crippen LogP contribution in [0.1, 0.15) is 12.0 Å². The van der Waals surface area contributed by atoms with Crippen molar-refractivity contribution in [2.45, 2.75) is 6.42 Å². The predicted octanol–water partition coefficient (Wildman–Crippen LogP) is 2.52. The monoisotopic (exact) mass is 343 g/mol. The Kier molecular flexibility index (Phi) is 6.47. The maximum atomic E-state index is 11.7. The van der Waals surface area contributed by atoms with Crippen LogP contribution in [-0.2, 0) is 4.79 Å². The van der Waals surface area contributed by atoms with Gasteiger partial charge in [0.15, 0.2) is 0 Å². The molecule has 0 heterocycles. The lowest BCUT2D eigenvalue weighted by atomic mass is 10.2. The molecule has 0 spiro atoms. The van der Waals surface area contributed by atoms with Crippen molar-refractivity contribution in [3.63, 3.8) is 0 Å². The number of nitrogens with zero attached hydrogens (tertiary/aromatic N) is 2. The number of hydrogen-bond acceptors (Lipinski definition) is 6. The van der Waals surface area contributed by atoms with Crippen molar-refractivity contribution in [2.75, 3.05) is 13.7 Å². The molecule has 2 aromatic rings. The van der Waals surface area contributed by atoms with E-state index in [0.717, 1.165) is 5.75 Å². The number of amides is 1. The SMILES string of the molecule is COc1ccc(OCCC(=O)N/N=C\c2ccc([N+](=O)[O-])cc2)cc1. The van der Waals surface area contributed by atoms with Gasteiger partial charge in [0.25, 0.3) is 5.69 Å². The van der Waals surface area contributed by atoms with Gasteiger partial charge in [-0.3, -0.25) is 14.9 Å². The van der Waals surface area contributed by atoms with E-state index in [1.54, 1.807) is 43.5 Å². The Bertz CT molecular complexity index is 742. The number of nitrogens with one attached hydrogen (secondary N) is 1. The highest BCUT2D eigenvalue weighted by molar-refractivity contribution is 5.82. The van der Waals surface area contributed by atoms with Gasteiger partial charge in [0.2, 0.25) is 5.91 Å². The number of rotatable bonds is 8. The number of carbonyl (C=O) groups is 1. The van der Waals surface area contributed by atoms with E-state index < -0.39 is 4.92 Å². The summed E-state index contributed by atoms with van der Waals surface area (Å²) in [5.74, 6) is 1.07. The van der Waals surface area contributed by atoms with Gasteiger partial charge in [-0.05, 0) is 42.0 Å². The van der Waals surface area contributed by atoms with Gasteiger partial charge in [-0.25, -0.2) is 5.43 Å². The van der Waals surface area contributed by atoms with E-state index in [1.165, 1.54) is 18.3 Å². The molecule has 0 fully saturated rings. The zero-order valence-electron chi connectivity index (χ0n) is 13.5. The lowest BCUT2D eigenvalue weighted by Gasteiger charge is -2.06. The molecule has 2 rings (SSSR count). The fraction of sp³-hybridized carbons (Fsp3) is 0.176. The molecule has 0 unspecified atom stereocenters. The maximum Gasteiger partial charge on any atom is 0.269 e. The van der Waals surface area contributed by atoms with Gasteiger partial charge in [0.1, 0.15) is 11.5 Å². The molecule has 2 aromatic carbocycles. The second-order valence-electron chi connectivity index (χ2n) is 4.92. The molecule has 8 nitrogen and oxygen atoms in total. The van der Waals surface area contributed by atoms with Crippen molar-refractivity contribution in [3.05, 3.63) is 64.2 Å². The summed E-state index contributed by atoms with van der Waals surface area (Å²) in [6, 6.07) is 12.9. The van der Waals surface area contributed by atoms with Crippen LogP contribution in [0.4, 0.5) is 5.69 Å². The molecule has 0 aliphatic carbocycles. The number of carbonyl (C=O) groups excluding carboxylic acids is 1. The second-order valence-corrected chi connectivity index (χ2v) is 4.92. The van der Waals surface area contributed by atoms with Gasteiger partial charge in [-0.2, -0.15) is 5.10 Å². The Morgan fingerprint density at radius 1 is 1.16 bits per heavy atom. The van der Waals surface area contributed by atoms with Gasteiger partial charge in [-0.15, -0.1) is 0 Å². The van der Waals surface area contributed by atoms with Crippen molar-refractivity contribution < 1.29 is 19.2 Å². The first-order valence-corrected chi connectivity index (χ1v) is 7.41. The van der Waals surface area contributed by atoms with Gasteiger partial charge in [-0.1, -0.05) is 0 Å². The van der Waals surface area contributed by atoms with Crippen LogP contribution in [0.25, 0.3) is 0 Å². The lowest BCUT2D eigenvalue weighted by Crippen LogP contribution is -2.19. The zero-order chi connectivity index (χ0) is 18.1. The third kappa shape index (κ3) is 5.94. The van der Waals surface area contributed by atoms with Crippen molar-refractivity contribution in [1.29, 1.82) is 0 Å². The average molecular weight is 343 g/mol. The molecule has 0 radical (unpaired) electrons. The number of nitro benzene ring substituents is 1. The molecule has 0 saturated carbocycles. The minimum absolute atomic E-state index is 0.00290. The summed E-state index contributed by atoms with van der Waals surface area (Å²) in [6.07, 6.45) is 1.55. The molecule has 0 atom stereocenters. The zero-order valence-corrected chi connectivity index (χ0v) is 13.5. The van der Waals surface area contributed by atoms with Gasteiger partial charge in [0, 0.05) is 12.1 Å². The van der Waals surface area contributed by atoms with E-state index in [1.807, 2.05) is 0 Å². The summed E-state index contributed by atoms with van der Waals surface area (Å²) in [6.45, 7) is 0.214. The number of methoxy groups -OCH3 is 1. The largest absolute Gasteiger partial charge is 0.497 e. The van der Waals surface area contributed by atoms with Crippen LogP contribution in [0, 0.1) is 10.1 Å². The van der Waals surface area contributed by atoms with Crippen LogP contribution in [-0.4, -0.2) is 30.8 Å². The average Bonchev–Trinajstić information content (AvgIpc) is 2.63. The van der Waals surface area contributed by atoms with Crippen LogP contribution in [0.2, 0.25) is 0 Å². The quantitative estimate of drug-likeness (QED) is 0.451. The van der Waals surface area contributed by atoms with Crippen molar-refractivity contribution >= 4 is 17.8 Å². The third-order valence-electron chi connectivity index (χ3n) is 3.16. The van der Waals surface area contributed by atoms with Gasteiger partial charge < -0.3 is 9.47 Å². The first-order valence-electron chi connectivity index (χ1n) is 7.41. The normalized spacial score (nSPS) is 10.4. The molecule has 25 heavy (non-hydrogen) atoms. The van der Waals surface area contributed by atoms with E-state index in [0.29, 0.717) is 11.3 Å². The van der Waals surface area contributed by atoms with Gasteiger partial charge in [0.05, 0.1) is 31.3 Å². The van der Waals surface area contributed by atoms with Crippen LogP contribution in [0.3, 0.4) is 0 Å². The second kappa shape index (κ2) is 9.02. The first kappa shape index (κ1) is 17.9. The van der Waals surface area contributed by atoms with E-state index in [9.17, 15) is 14.9 Å².